The molecule has 5 rings (SSSR count). The lowest BCUT2D eigenvalue weighted by Gasteiger charge is -2.48. The van der Waals surface area contributed by atoms with Crippen molar-refractivity contribution in [1.82, 2.24) is 19.9 Å². The van der Waals surface area contributed by atoms with Gasteiger partial charge in [0.25, 0.3) is 0 Å². The number of anilines is 3. The summed E-state index contributed by atoms with van der Waals surface area (Å²) in [5.41, 5.74) is 0.661. The van der Waals surface area contributed by atoms with E-state index < -0.39 is 12.1 Å². The molecule has 0 unspecified atom stereocenters. The molecule has 2 aromatic rings. The first kappa shape index (κ1) is 23.5. The van der Waals surface area contributed by atoms with Gasteiger partial charge in [-0.15, -0.1) is 0 Å². The molecule has 184 valence electrons. The second kappa shape index (κ2) is 8.43. The van der Waals surface area contributed by atoms with Crippen molar-refractivity contribution in [3.63, 3.8) is 0 Å². The summed E-state index contributed by atoms with van der Waals surface area (Å²) >= 11 is 0. The van der Waals surface area contributed by atoms with Crippen molar-refractivity contribution < 1.29 is 9.18 Å². The van der Waals surface area contributed by atoms with Crippen LogP contribution in [0.25, 0.3) is 0 Å². The van der Waals surface area contributed by atoms with Gasteiger partial charge in [0.2, 0.25) is 5.91 Å². The van der Waals surface area contributed by atoms with E-state index in [1.165, 1.54) is 0 Å². The summed E-state index contributed by atoms with van der Waals surface area (Å²) in [6.45, 7) is 8.69. The molecule has 4 heterocycles. The van der Waals surface area contributed by atoms with Crippen LogP contribution in [0.5, 0.6) is 0 Å². The van der Waals surface area contributed by atoms with Gasteiger partial charge in [0, 0.05) is 48.9 Å². The standard InChI is InChI=1S/C26H32FN7O/c1-17-13-33(24(35)25(3,4)14-27)18(2)12-32(17)22-21-23(31-16-30-22)34(15-26(21)7-5-8-26)20-10-19(11-28)6-9-29-20/h6,9-10,16-18H,5,7-8,12-15H2,1-4H3/t17-,18-/m0/s1. The number of pyridine rings is 1. The first-order valence-electron chi connectivity index (χ1n) is 12.3. The number of carbonyl (C=O) groups excluding carboxylic acids is 1. The maximum atomic E-state index is 13.5. The minimum atomic E-state index is -1.02. The fourth-order valence-corrected chi connectivity index (χ4v) is 5.71. The van der Waals surface area contributed by atoms with Crippen molar-refractivity contribution in [1.29, 1.82) is 5.26 Å². The van der Waals surface area contributed by atoms with Gasteiger partial charge in [-0.25, -0.2) is 19.3 Å². The Kier molecular flexibility index (Phi) is 5.65. The average Bonchev–Trinajstić information content (AvgIpc) is 3.21. The van der Waals surface area contributed by atoms with E-state index in [2.05, 4.69) is 27.8 Å². The van der Waals surface area contributed by atoms with E-state index in [1.54, 1.807) is 32.4 Å². The predicted molar refractivity (Wildman–Crippen MR) is 131 cm³/mol. The third-order valence-electron chi connectivity index (χ3n) is 7.95. The molecule has 0 radical (unpaired) electrons. The molecule has 2 aromatic heterocycles. The molecule has 0 aromatic carbocycles. The Labute approximate surface area is 205 Å². The van der Waals surface area contributed by atoms with Crippen LogP contribution < -0.4 is 9.80 Å². The van der Waals surface area contributed by atoms with Crippen LogP contribution in [0, 0.1) is 16.7 Å². The highest BCUT2D eigenvalue weighted by Gasteiger charge is 2.52. The molecule has 2 aliphatic heterocycles. The molecule has 1 saturated heterocycles. The molecule has 35 heavy (non-hydrogen) atoms. The fourth-order valence-electron chi connectivity index (χ4n) is 5.71. The van der Waals surface area contributed by atoms with Gasteiger partial charge in [-0.2, -0.15) is 5.26 Å². The molecule has 0 N–H and O–H groups in total. The molecule has 3 aliphatic rings. The van der Waals surface area contributed by atoms with Crippen LogP contribution in [0.2, 0.25) is 0 Å². The third kappa shape index (κ3) is 3.70. The smallest absolute Gasteiger partial charge is 0.231 e. The number of hydrogen-bond donors (Lipinski definition) is 0. The van der Waals surface area contributed by atoms with Crippen LogP contribution in [-0.4, -0.2) is 64.2 Å². The van der Waals surface area contributed by atoms with Crippen molar-refractivity contribution in [2.45, 2.75) is 64.5 Å². The van der Waals surface area contributed by atoms with Crippen molar-refractivity contribution in [3.8, 4) is 6.07 Å². The van der Waals surface area contributed by atoms with E-state index >= 15 is 0 Å². The number of rotatable bonds is 4. The molecule has 8 nitrogen and oxygen atoms in total. The number of amides is 1. The summed E-state index contributed by atoms with van der Waals surface area (Å²) in [7, 11) is 0. The van der Waals surface area contributed by atoms with E-state index in [4.69, 9.17) is 9.97 Å². The van der Waals surface area contributed by atoms with Crippen molar-refractivity contribution in [2.24, 2.45) is 5.41 Å². The lowest BCUT2D eigenvalue weighted by Crippen LogP contribution is -2.61. The van der Waals surface area contributed by atoms with E-state index in [-0.39, 0.29) is 23.4 Å². The summed E-state index contributed by atoms with van der Waals surface area (Å²) < 4.78 is 13.5. The van der Waals surface area contributed by atoms with Crippen LogP contribution in [0.4, 0.5) is 21.8 Å². The molecular formula is C26H32FN7O. The highest BCUT2D eigenvalue weighted by molar-refractivity contribution is 5.83. The molecular weight excluding hydrogens is 445 g/mol. The second-order valence-electron chi connectivity index (χ2n) is 11.0. The van der Waals surface area contributed by atoms with E-state index in [0.29, 0.717) is 18.7 Å². The third-order valence-corrected chi connectivity index (χ3v) is 7.95. The number of aromatic nitrogens is 3. The highest BCUT2D eigenvalue weighted by atomic mass is 19.1. The molecule has 0 bridgehead atoms. The van der Waals surface area contributed by atoms with Gasteiger partial charge in [0.15, 0.2) is 0 Å². The Balaban J connectivity index is 1.51. The number of nitriles is 1. The van der Waals surface area contributed by atoms with Crippen molar-refractivity contribution >= 4 is 23.4 Å². The van der Waals surface area contributed by atoms with E-state index in [9.17, 15) is 14.4 Å². The maximum absolute atomic E-state index is 13.5. The van der Waals surface area contributed by atoms with Crippen molar-refractivity contribution in [2.75, 3.05) is 36.1 Å². The number of fused-ring (bicyclic) bond motifs is 2. The number of alkyl halides is 1. The Morgan fingerprint density at radius 3 is 2.60 bits per heavy atom. The Morgan fingerprint density at radius 2 is 1.94 bits per heavy atom. The van der Waals surface area contributed by atoms with Gasteiger partial charge in [0.05, 0.1) is 17.0 Å². The Morgan fingerprint density at radius 1 is 1.20 bits per heavy atom. The predicted octanol–water partition coefficient (Wildman–Crippen LogP) is 3.74. The van der Waals surface area contributed by atoms with Crippen LogP contribution >= 0.6 is 0 Å². The monoisotopic (exact) mass is 477 g/mol. The lowest BCUT2D eigenvalue weighted by atomic mass is 9.66. The number of piperazine rings is 1. The van der Waals surface area contributed by atoms with Gasteiger partial charge >= 0.3 is 0 Å². The molecule has 9 heteroatoms. The summed E-state index contributed by atoms with van der Waals surface area (Å²) in [6.07, 6.45) is 6.54. The molecule has 1 amide bonds. The molecule has 2 atom stereocenters. The van der Waals surface area contributed by atoms with Crippen LogP contribution in [0.15, 0.2) is 24.7 Å². The zero-order valence-electron chi connectivity index (χ0n) is 20.8. The zero-order chi connectivity index (χ0) is 25.0. The van der Waals surface area contributed by atoms with Gasteiger partial charge in [-0.05, 0) is 52.7 Å². The van der Waals surface area contributed by atoms with Gasteiger partial charge in [0.1, 0.15) is 30.5 Å². The SMILES string of the molecule is C[C@H]1CN(c2ncnc3c2C2(CCC2)CN3c2cc(C#N)ccn2)[C@@H](C)CN1C(=O)C(C)(C)CF. The summed E-state index contributed by atoms with van der Waals surface area (Å²) in [4.78, 5) is 33.3. The quantitative estimate of drug-likeness (QED) is 0.663. The Hall–Kier alpha value is -3.28. The van der Waals surface area contributed by atoms with E-state index in [1.807, 2.05) is 17.9 Å². The van der Waals surface area contributed by atoms with Crippen molar-refractivity contribution in [3.05, 3.63) is 35.8 Å². The second-order valence-corrected chi connectivity index (χ2v) is 11.0. The minimum Gasteiger partial charge on any atom is -0.350 e. The van der Waals surface area contributed by atoms with Crippen LogP contribution in [0.1, 0.15) is 58.1 Å². The fraction of sp³-hybridized carbons (Fsp3) is 0.577. The molecule has 1 aliphatic carbocycles. The lowest BCUT2D eigenvalue weighted by molar-refractivity contribution is -0.144. The largest absolute Gasteiger partial charge is 0.350 e. The number of halogens is 1. The molecule has 2 fully saturated rings. The first-order chi connectivity index (χ1) is 16.7. The maximum Gasteiger partial charge on any atom is 0.231 e. The van der Waals surface area contributed by atoms with Gasteiger partial charge in [-0.3, -0.25) is 4.79 Å². The van der Waals surface area contributed by atoms with Crippen LogP contribution in [0.3, 0.4) is 0 Å². The topological polar surface area (TPSA) is 89.2 Å². The molecule has 1 spiro atoms. The number of nitrogens with zero attached hydrogens (tertiary/aromatic N) is 7. The summed E-state index contributed by atoms with van der Waals surface area (Å²) in [5.74, 6) is 2.36. The van der Waals surface area contributed by atoms with Gasteiger partial charge < -0.3 is 14.7 Å². The zero-order valence-corrected chi connectivity index (χ0v) is 20.8. The summed E-state index contributed by atoms with van der Waals surface area (Å²) in [5, 5.41) is 9.38. The number of hydrogen-bond acceptors (Lipinski definition) is 7. The average molecular weight is 478 g/mol. The van der Waals surface area contributed by atoms with Crippen LogP contribution in [-0.2, 0) is 10.2 Å². The van der Waals surface area contributed by atoms with E-state index in [0.717, 1.165) is 48.8 Å². The Bertz CT molecular complexity index is 1190. The highest BCUT2D eigenvalue weighted by Crippen LogP contribution is 2.56. The first-order valence-corrected chi connectivity index (χ1v) is 12.3. The minimum absolute atomic E-state index is 0.0239. The van der Waals surface area contributed by atoms with Gasteiger partial charge in [-0.1, -0.05) is 6.42 Å². The summed E-state index contributed by atoms with van der Waals surface area (Å²) in [6, 6.07) is 5.67. The molecule has 1 saturated carbocycles. The number of carbonyl (C=O) groups is 1. The normalized spacial score (nSPS) is 23.1.